The summed E-state index contributed by atoms with van der Waals surface area (Å²) in [6, 6.07) is 0. The van der Waals surface area contributed by atoms with E-state index in [9.17, 15) is 8.78 Å². The third-order valence-corrected chi connectivity index (χ3v) is 2.89. The van der Waals surface area contributed by atoms with Crippen molar-refractivity contribution in [2.75, 3.05) is 25.1 Å². The van der Waals surface area contributed by atoms with Crippen LogP contribution in [0.5, 0.6) is 0 Å². The summed E-state index contributed by atoms with van der Waals surface area (Å²) >= 11 is 0. The second-order valence-electron chi connectivity index (χ2n) is 4.28. The molecule has 1 aliphatic rings. The Morgan fingerprint density at radius 2 is 2.24 bits per heavy atom. The minimum absolute atomic E-state index is 0.348. The number of nitrogens with one attached hydrogen (secondary N) is 1. The third-order valence-electron chi connectivity index (χ3n) is 2.89. The van der Waals surface area contributed by atoms with E-state index in [1.807, 2.05) is 0 Å². The molecule has 1 aliphatic heterocycles. The SMILES string of the molecule is FC(F)Cn1cc(NCC2CCOCC2)cn1. The van der Waals surface area contributed by atoms with Gasteiger partial charge in [-0.05, 0) is 18.8 Å². The van der Waals surface area contributed by atoms with Crippen molar-refractivity contribution >= 4 is 5.69 Å². The van der Waals surface area contributed by atoms with Crippen molar-refractivity contribution in [3.05, 3.63) is 12.4 Å². The van der Waals surface area contributed by atoms with Crippen molar-refractivity contribution in [3.8, 4) is 0 Å². The Hall–Kier alpha value is -1.17. The maximum Gasteiger partial charge on any atom is 0.257 e. The zero-order valence-electron chi connectivity index (χ0n) is 9.61. The Kier molecular flexibility index (Phi) is 4.30. The highest BCUT2D eigenvalue weighted by molar-refractivity contribution is 5.38. The van der Waals surface area contributed by atoms with Crippen molar-refractivity contribution in [1.82, 2.24) is 9.78 Å². The van der Waals surface area contributed by atoms with Crippen molar-refractivity contribution in [3.63, 3.8) is 0 Å². The van der Waals surface area contributed by atoms with Gasteiger partial charge in [-0.3, -0.25) is 4.68 Å². The Bertz CT molecular complexity index is 337. The quantitative estimate of drug-likeness (QED) is 0.862. The molecule has 96 valence electrons. The number of hydrogen-bond acceptors (Lipinski definition) is 3. The van der Waals surface area contributed by atoms with Crippen LogP contribution in [0.15, 0.2) is 12.4 Å². The molecule has 0 unspecified atom stereocenters. The van der Waals surface area contributed by atoms with Gasteiger partial charge in [-0.2, -0.15) is 5.10 Å². The first-order valence-electron chi connectivity index (χ1n) is 5.86. The highest BCUT2D eigenvalue weighted by atomic mass is 19.3. The van der Waals surface area contributed by atoms with E-state index < -0.39 is 6.43 Å². The van der Waals surface area contributed by atoms with E-state index >= 15 is 0 Å². The Morgan fingerprint density at radius 3 is 2.94 bits per heavy atom. The molecule has 6 heteroatoms. The van der Waals surface area contributed by atoms with Gasteiger partial charge in [0, 0.05) is 26.0 Å². The van der Waals surface area contributed by atoms with Gasteiger partial charge in [0.25, 0.3) is 6.43 Å². The summed E-state index contributed by atoms with van der Waals surface area (Å²) < 4.78 is 30.8. The first-order chi connectivity index (χ1) is 8.24. The summed E-state index contributed by atoms with van der Waals surface area (Å²) in [5, 5.41) is 7.09. The predicted octanol–water partition coefficient (Wildman–Crippen LogP) is 1.99. The van der Waals surface area contributed by atoms with Crippen LogP contribution < -0.4 is 5.32 Å². The van der Waals surface area contributed by atoms with Crippen LogP contribution in [-0.2, 0) is 11.3 Å². The summed E-state index contributed by atoms with van der Waals surface area (Å²) in [5.74, 6) is 0.599. The second-order valence-corrected chi connectivity index (χ2v) is 4.28. The van der Waals surface area contributed by atoms with Gasteiger partial charge in [0.2, 0.25) is 0 Å². The van der Waals surface area contributed by atoms with Crippen LogP contribution in [0.1, 0.15) is 12.8 Å². The van der Waals surface area contributed by atoms with Gasteiger partial charge in [0.1, 0.15) is 6.54 Å². The average molecular weight is 245 g/mol. The molecule has 0 spiro atoms. The van der Waals surface area contributed by atoms with Crippen LogP contribution in [0.4, 0.5) is 14.5 Å². The smallest absolute Gasteiger partial charge is 0.257 e. The van der Waals surface area contributed by atoms with E-state index in [1.54, 1.807) is 12.4 Å². The monoisotopic (exact) mass is 245 g/mol. The number of anilines is 1. The molecule has 0 saturated carbocycles. The molecule has 1 saturated heterocycles. The molecule has 0 aromatic carbocycles. The van der Waals surface area contributed by atoms with E-state index in [0.29, 0.717) is 5.92 Å². The zero-order chi connectivity index (χ0) is 12.1. The maximum atomic E-state index is 12.1. The molecule has 1 fully saturated rings. The molecule has 0 bridgehead atoms. The molecule has 1 N–H and O–H groups in total. The molecule has 1 aromatic heterocycles. The molecular formula is C11H17F2N3O. The van der Waals surface area contributed by atoms with Crippen LogP contribution in [-0.4, -0.2) is 36.0 Å². The minimum Gasteiger partial charge on any atom is -0.382 e. The Balaban J connectivity index is 1.76. The number of halogens is 2. The fourth-order valence-electron chi connectivity index (χ4n) is 1.91. The largest absolute Gasteiger partial charge is 0.382 e. The summed E-state index contributed by atoms with van der Waals surface area (Å²) in [7, 11) is 0. The lowest BCUT2D eigenvalue weighted by Gasteiger charge is -2.22. The lowest BCUT2D eigenvalue weighted by atomic mass is 10.0. The van der Waals surface area contributed by atoms with Gasteiger partial charge in [-0.15, -0.1) is 0 Å². The number of nitrogens with zero attached hydrogens (tertiary/aromatic N) is 2. The highest BCUT2D eigenvalue weighted by Gasteiger charge is 2.13. The molecule has 4 nitrogen and oxygen atoms in total. The van der Waals surface area contributed by atoms with Crippen molar-refractivity contribution in [2.45, 2.75) is 25.8 Å². The van der Waals surface area contributed by atoms with E-state index in [0.717, 1.165) is 38.3 Å². The van der Waals surface area contributed by atoms with E-state index in [4.69, 9.17) is 4.74 Å². The molecule has 1 aromatic rings. The third kappa shape index (κ3) is 3.96. The van der Waals surface area contributed by atoms with Crippen molar-refractivity contribution in [1.29, 1.82) is 0 Å². The number of aromatic nitrogens is 2. The van der Waals surface area contributed by atoms with Crippen molar-refractivity contribution < 1.29 is 13.5 Å². The zero-order valence-corrected chi connectivity index (χ0v) is 9.61. The fraction of sp³-hybridized carbons (Fsp3) is 0.727. The van der Waals surface area contributed by atoms with Crippen molar-refractivity contribution in [2.24, 2.45) is 5.92 Å². The number of hydrogen-bond donors (Lipinski definition) is 1. The van der Waals surface area contributed by atoms with Crippen LogP contribution >= 0.6 is 0 Å². The normalized spacial score (nSPS) is 17.6. The van der Waals surface area contributed by atoms with E-state index in [2.05, 4.69) is 10.4 Å². The van der Waals surface area contributed by atoms with Gasteiger partial charge in [-0.1, -0.05) is 0 Å². The minimum atomic E-state index is -2.36. The van der Waals surface area contributed by atoms with Crippen LogP contribution in [0, 0.1) is 5.92 Å². The summed E-state index contributed by atoms with van der Waals surface area (Å²) in [6.45, 7) is 2.14. The van der Waals surface area contributed by atoms with Gasteiger partial charge in [-0.25, -0.2) is 8.78 Å². The standard InChI is InChI=1S/C11H17F2N3O/c12-11(13)8-16-7-10(6-15-16)14-5-9-1-3-17-4-2-9/h6-7,9,11,14H,1-5,8H2. The van der Waals surface area contributed by atoms with Gasteiger partial charge in [0.15, 0.2) is 0 Å². The van der Waals surface area contributed by atoms with E-state index in [1.165, 1.54) is 4.68 Å². The molecule has 0 atom stereocenters. The molecule has 2 heterocycles. The fourth-order valence-corrected chi connectivity index (χ4v) is 1.91. The summed E-state index contributed by atoms with van der Waals surface area (Å²) in [5.41, 5.74) is 0.803. The van der Waals surface area contributed by atoms with Crippen LogP contribution in [0.3, 0.4) is 0 Å². The maximum absolute atomic E-state index is 12.1. The van der Waals surface area contributed by atoms with Gasteiger partial charge >= 0.3 is 0 Å². The lowest BCUT2D eigenvalue weighted by molar-refractivity contribution is 0.0699. The average Bonchev–Trinajstić information content (AvgIpc) is 2.75. The Morgan fingerprint density at radius 1 is 1.47 bits per heavy atom. The van der Waals surface area contributed by atoms with Gasteiger partial charge in [0.05, 0.1) is 11.9 Å². The summed E-state index contributed by atoms with van der Waals surface area (Å²) in [6.07, 6.45) is 2.95. The molecular weight excluding hydrogens is 228 g/mol. The first-order valence-corrected chi connectivity index (χ1v) is 5.86. The molecule has 0 radical (unpaired) electrons. The first kappa shape index (κ1) is 12.3. The highest BCUT2D eigenvalue weighted by Crippen LogP contribution is 2.16. The van der Waals surface area contributed by atoms with Crippen LogP contribution in [0.25, 0.3) is 0 Å². The number of rotatable bonds is 5. The molecule has 0 amide bonds. The predicted molar refractivity (Wildman–Crippen MR) is 60.3 cm³/mol. The molecule has 2 rings (SSSR count). The van der Waals surface area contributed by atoms with Crippen LogP contribution in [0.2, 0.25) is 0 Å². The number of alkyl halides is 2. The molecule has 0 aliphatic carbocycles. The summed E-state index contributed by atoms with van der Waals surface area (Å²) in [4.78, 5) is 0. The molecule has 17 heavy (non-hydrogen) atoms. The topological polar surface area (TPSA) is 39.1 Å². The Labute approximate surface area is 98.9 Å². The second kappa shape index (κ2) is 5.95. The lowest BCUT2D eigenvalue weighted by Crippen LogP contribution is -2.22. The van der Waals surface area contributed by atoms with Gasteiger partial charge < -0.3 is 10.1 Å². The number of ether oxygens (including phenoxy) is 1. The van der Waals surface area contributed by atoms with E-state index in [-0.39, 0.29) is 6.54 Å².